The minimum absolute atomic E-state index is 0.294. The minimum atomic E-state index is 0.294. The molecular weight excluding hydrogens is 362 g/mol. The van der Waals surface area contributed by atoms with E-state index in [1.54, 1.807) is 25.1 Å². The van der Waals surface area contributed by atoms with Crippen LogP contribution in [-0.2, 0) is 18.9 Å². The van der Waals surface area contributed by atoms with Crippen molar-refractivity contribution in [1.29, 1.82) is 0 Å². The van der Waals surface area contributed by atoms with E-state index >= 15 is 0 Å². The molecule has 130 valence electrons. The maximum atomic E-state index is 5.87. The van der Waals surface area contributed by atoms with E-state index in [0.29, 0.717) is 47.3 Å². The summed E-state index contributed by atoms with van der Waals surface area (Å²) in [7, 11) is 0. The highest BCUT2D eigenvalue weighted by Gasteiger charge is 2.14. The molecule has 2 aromatic heterocycles. The normalized spacial score (nSPS) is 10.8. The number of ether oxygens (including phenoxy) is 1. The van der Waals surface area contributed by atoms with Crippen molar-refractivity contribution in [3.8, 4) is 5.75 Å². The van der Waals surface area contributed by atoms with E-state index in [-0.39, 0.29) is 0 Å². The zero-order valence-corrected chi connectivity index (χ0v) is 15.1. The first-order valence-electron chi connectivity index (χ1n) is 7.49. The van der Waals surface area contributed by atoms with Gasteiger partial charge in [-0.3, -0.25) is 4.57 Å². The summed E-state index contributed by atoms with van der Waals surface area (Å²) in [5.41, 5.74) is 0. The lowest BCUT2D eigenvalue weighted by Gasteiger charge is -2.08. The molecule has 0 saturated carbocycles. The number of allylic oxidation sites excluding steroid dienone is 1. The molecule has 0 N–H and O–H groups in total. The molecule has 1 aromatic carbocycles. The van der Waals surface area contributed by atoms with E-state index in [0.717, 1.165) is 5.16 Å². The summed E-state index contributed by atoms with van der Waals surface area (Å²) in [6, 6.07) is 7.17. The van der Waals surface area contributed by atoms with Crippen LogP contribution in [0.25, 0.3) is 0 Å². The SMILES string of the molecule is C=CCn1c(COc2ccc(Cl)cc2)nnc1SCc1nnc(C)o1. The fourth-order valence-electron chi connectivity index (χ4n) is 2.05. The molecule has 3 aromatic rings. The summed E-state index contributed by atoms with van der Waals surface area (Å²) < 4.78 is 13.1. The summed E-state index contributed by atoms with van der Waals surface area (Å²) >= 11 is 7.34. The number of benzene rings is 1. The first kappa shape index (κ1) is 17.5. The second-order valence-electron chi connectivity index (χ2n) is 5.04. The van der Waals surface area contributed by atoms with Crippen LogP contribution in [0.1, 0.15) is 17.6 Å². The van der Waals surface area contributed by atoms with Crippen LogP contribution in [0, 0.1) is 6.92 Å². The van der Waals surface area contributed by atoms with Crippen LogP contribution in [-0.4, -0.2) is 25.0 Å². The average Bonchev–Trinajstić information content (AvgIpc) is 3.19. The number of hydrogen-bond acceptors (Lipinski definition) is 7. The van der Waals surface area contributed by atoms with Crippen molar-refractivity contribution in [3.05, 3.63) is 59.5 Å². The molecule has 0 saturated heterocycles. The molecule has 0 aliphatic heterocycles. The molecule has 0 bridgehead atoms. The quantitative estimate of drug-likeness (QED) is 0.437. The van der Waals surface area contributed by atoms with Crippen LogP contribution in [0.2, 0.25) is 5.02 Å². The van der Waals surface area contributed by atoms with Crippen molar-refractivity contribution in [2.24, 2.45) is 0 Å². The summed E-state index contributed by atoms with van der Waals surface area (Å²) in [6.07, 6.45) is 1.79. The Labute approximate surface area is 154 Å². The lowest BCUT2D eigenvalue weighted by Crippen LogP contribution is -2.07. The van der Waals surface area contributed by atoms with Gasteiger partial charge in [-0.25, -0.2) is 0 Å². The predicted molar refractivity (Wildman–Crippen MR) is 94.6 cm³/mol. The van der Waals surface area contributed by atoms with Crippen LogP contribution in [0.3, 0.4) is 0 Å². The maximum absolute atomic E-state index is 5.87. The van der Waals surface area contributed by atoms with Crippen molar-refractivity contribution in [2.75, 3.05) is 0 Å². The molecule has 0 amide bonds. The standard InChI is InChI=1S/C16H16ClN5O2S/c1-3-8-22-14(9-23-13-6-4-12(17)5-7-13)19-21-16(22)25-10-15-20-18-11(2)24-15/h3-7H,1,8-10H2,2H3. The van der Waals surface area contributed by atoms with E-state index in [4.69, 9.17) is 20.8 Å². The second-order valence-corrected chi connectivity index (χ2v) is 6.42. The molecule has 0 aliphatic carbocycles. The summed E-state index contributed by atoms with van der Waals surface area (Å²) in [4.78, 5) is 0. The third kappa shape index (κ3) is 4.61. The summed E-state index contributed by atoms with van der Waals surface area (Å²) in [5.74, 6) is 3.04. The smallest absolute Gasteiger partial charge is 0.226 e. The molecule has 0 aliphatic rings. The molecule has 0 unspecified atom stereocenters. The third-order valence-electron chi connectivity index (χ3n) is 3.18. The van der Waals surface area contributed by atoms with Gasteiger partial charge < -0.3 is 9.15 Å². The Bertz CT molecular complexity index is 847. The van der Waals surface area contributed by atoms with E-state index in [9.17, 15) is 0 Å². The van der Waals surface area contributed by atoms with Gasteiger partial charge >= 0.3 is 0 Å². The molecule has 0 fully saturated rings. The van der Waals surface area contributed by atoms with Crippen molar-refractivity contribution < 1.29 is 9.15 Å². The molecule has 9 heteroatoms. The molecule has 3 rings (SSSR count). The lowest BCUT2D eigenvalue weighted by molar-refractivity contribution is 0.289. The van der Waals surface area contributed by atoms with Gasteiger partial charge in [0.2, 0.25) is 11.8 Å². The fourth-order valence-corrected chi connectivity index (χ4v) is 2.98. The van der Waals surface area contributed by atoms with Gasteiger partial charge in [-0.15, -0.1) is 27.0 Å². The van der Waals surface area contributed by atoms with E-state index in [2.05, 4.69) is 27.0 Å². The fraction of sp³-hybridized carbons (Fsp3) is 0.250. The number of hydrogen-bond donors (Lipinski definition) is 0. The van der Waals surface area contributed by atoms with Crippen LogP contribution in [0.15, 0.2) is 46.5 Å². The Morgan fingerprint density at radius 1 is 1.24 bits per heavy atom. The monoisotopic (exact) mass is 377 g/mol. The molecule has 7 nitrogen and oxygen atoms in total. The highest BCUT2D eigenvalue weighted by molar-refractivity contribution is 7.98. The Kier molecular flexibility index (Phi) is 5.72. The topological polar surface area (TPSA) is 78.9 Å². The number of aromatic nitrogens is 5. The largest absolute Gasteiger partial charge is 0.486 e. The Hall–Kier alpha value is -2.32. The summed E-state index contributed by atoms with van der Waals surface area (Å²) in [6.45, 7) is 6.42. The van der Waals surface area contributed by atoms with Gasteiger partial charge in [-0.2, -0.15) is 0 Å². The maximum Gasteiger partial charge on any atom is 0.226 e. The van der Waals surface area contributed by atoms with Crippen LogP contribution >= 0.6 is 23.4 Å². The van der Waals surface area contributed by atoms with E-state index in [1.165, 1.54) is 11.8 Å². The van der Waals surface area contributed by atoms with Crippen LogP contribution in [0.5, 0.6) is 5.75 Å². The van der Waals surface area contributed by atoms with Crippen molar-refractivity contribution >= 4 is 23.4 Å². The first-order chi connectivity index (χ1) is 12.2. The molecule has 0 spiro atoms. The minimum Gasteiger partial charge on any atom is -0.486 e. The number of halogens is 1. The molecule has 0 atom stereocenters. The second kappa shape index (κ2) is 8.17. The summed E-state index contributed by atoms with van der Waals surface area (Å²) in [5, 5.41) is 17.6. The molecule has 0 radical (unpaired) electrons. The van der Waals surface area contributed by atoms with Gasteiger partial charge in [0.25, 0.3) is 0 Å². The zero-order valence-electron chi connectivity index (χ0n) is 13.6. The number of nitrogens with zero attached hydrogens (tertiary/aromatic N) is 5. The van der Waals surface area contributed by atoms with Crippen molar-refractivity contribution in [2.45, 2.75) is 31.0 Å². The highest BCUT2D eigenvalue weighted by atomic mass is 35.5. The third-order valence-corrected chi connectivity index (χ3v) is 4.38. The zero-order chi connectivity index (χ0) is 17.6. The van der Waals surface area contributed by atoms with Crippen molar-refractivity contribution in [3.63, 3.8) is 0 Å². The highest BCUT2D eigenvalue weighted by Crippen LogP contribution is 2.22. The number of aryl methyl sites for hydroxylation is 1. The van der Waals surface area contributed by atoms with Gasteiger partial charge in [0.1, 0.15) is 12.4 Å². The van der Waals surface area contributed by atoms with Gasteiger partial charge in [0.05, 0.1) is 5.75 Å². The Morgan fingerprint density at radius 3 is 2.72 bits per heavy atom. The van der Waals surface area contributed by atoms with Crippen LogP contribution in [0.4, 0.5) is 0 Å². The van der Waals surface area contributed by atoms with Gasteiger partial charge in [-0.05, 0) is 24.3 Å². The van der Waals surface area contributed by atoms with Crippen LogP contribution < -0.4 is 4.74 Å². The van der Waals surface area contributed by atoms with Gasteiger partial charge in [0.15, 0.2) is 11.0 Å². The Balaban J connectivity index is 1.67. The number of rotatable bonds is 8. The average molecular weight is 378 g/mol. The van der Waals surface area contributed by atoms with Gasteiger partial charge in [0, 0.05) is 18.5 Å². The van der Waals surface area contributed by atoms with Gasteiger partial charge in [-0.1, -0.05) is 29.4 Å². The molecule has 25 heavy (non-hydrogen) atoms. The predicted octanol–water partition coefficient (Wildman–Crippen LogP) is 3.68. The lowest BCUT2D eigenvalue weighted by atomic mass is 10.3. The molecular formula is C16H16ClN5O2S. The number of thioether (sulfide) groups is 1. The Morgan fingerprint density at radius 2 is 2.04 bits per heavy atom. The van der Waals surface area contributed by atoms with E-state index < -0.39 is 0 Å². The van der Waals surface area contributed by atoms with E-state index in [1.807, 2.05) is 16.7 Å². The first-order valence-corrected chi connectivity index (χ1v) is 8.85. The van der Waals surface area contributed by atoms with Crippen molar-refractivity contribution in [1.82, 2.24) is 25.0 Å². The molecule has 2 heterocycles.